The maximum absolute atomic E-state index is 13.9. The van der Waals surface area contributed by atoms with Crippen molar-refractivity contribution in [2.24, 2.45) is 10.4 Å². The number of thiophene rings is 1. The molecule has 1 saturated carbocycles. The second-order valence-electron chi connectivity index (χ2n) is 13.3. The van der Waals surface area contributed by atoms with Gasteiger partial charge in [-0.15, -0.1) is 11.3 Å². The summed E-state index contributed by atoms with van der Waals surface area (Å²) < 4.78 is 5.56. The van der Waals surface area contributed by atoms with E-state index in [1.54, 1.807) is 59.8 Å². The van der Waals surface area contributed by atoms with Gasteiger partial charge in [0.15, 0.2) is 0 Å². The monoisotopic (exact) mass is 677 g/mol. The quantitative estimate of drug-likeness (QED) is 0.252. The molecule has 49 heavy (non-hydrogen) atoms. The molecule has 1 aromatic carbocycles. The lowest BCUT2D eigenvalue weighted by Gasteiger charge is -2.53. The van der Waals surface area contributed by atoms with Crippen molar-refractivity contribution in [1.29, 1.82) is 5.41 Å². The van der Waals surface area contributed by atoms with E-state index < -0.39 is 6.04 Å². The van der Waals surface area contributed by atoms with Gasteiger partial charge in [-0.25, -0.2) is 9.98 Å². The van der Waals surface area contributed by atoms with Crippen molar-refractivity contribution >= 4 is 52.5 Å². The maximum atomic E-state index is 13.9. The third-order valence-electron chi connectivity index (χ3n) is 9.47. The van der Waals surface area contributed by atoms with E-state index >= 15 is 0 Å². The van der Waals surface area contributed by atoms with Crippen molar-refractivity contribution in [3.63, 3.8) is 0 Å². The summed E-state index contributed by atoms with van der Waals surface area (Å²) in [6.45, 7) is 7.11. The Morgan fingerprint density at radius 2 is 1.82 bits per heavy atom. The van der Waals surface area contributed by atoms with Crippen LogP contribution in [0.2, 0.25) is 0 Å². The Labute approximate surface area is 289 Å². The topological polar surface area (TPSA) is 140 Å². The molecular weight excluding hydrogens is 639 g/mol. The van der Waals surface area contributed by atoms with E-state index in [4.69, 9.17) is 15.1 Å². The molecule has 1 spiro atoms. The molecule has 4 aliphatic rings. The summed E-state index contributed by atoms with van der Waals surface area (Å²) in [5.74, 6) is 0.0908. The van der Waals surface area contributed by atoms with Gasteiger partial charge in [-0.2, -0.15) is 0 Å². The van der Waals surface area contributed by atoms with Gasteiger partial charge in [-0.1, -0.05) is 0 Å². The third-order valence-corrected chi connectivity index (χ3v) is 10.6. The van der Waals surface area contributed by atoms with Crippen molar-refractivity contribution < 1.29 is 19.1 Å². The van der Waals surface area contributed by atoms with Gasteiger partial charge >= 0.3 is 0 Å². The number of nitrogens with zero attached hydrogens (tertiary/aromatic N) is 4. The lowest BCUT2D eigenvalue weighted by atomic mass is 9.73. The van der Waals surface area contributed by atoms with Crippen LogP contribution in [0.15, 0.2) is 77.7 Å². The SMILES string of the molecule is Cc1cnc(N2CC3(CCOCC3)C2)c(C(=O)Nc2ccc(C(=O)N3C=C(/C=C\C=N)N=C(c4ccc(C(=O)NC5CC5)s4)[C@H]3C)cc2)c1. The Morgan fingerprint density at radius 3 is 2.53 bits per heavy atom. The number of allylic oxidation sites excluding steroid dienone is 2. The predicted octanol–water partition coefficient (Wildman–Crippen LogP) is 5.59. The van der Waals surface area contributed by atoms with E-state index in [2.05, 4.69) is 20.5 Å². The van der Waals surface area contributed by atoms with Crippen molar-refractivity contribution in [1.82, 2.24) is 15.2 Å². The van der Waals surface area contributed by atoms with E-state index in [0.717, 1.165) is 68.6 Å². The van der Waals surface area contributed by atoms with Gasteiger partial charge in [0.1, 0.15) is 5.82 Å². The zero-order chi connectivity index (χ0) is 34.1. The average Bonchev–Trinajstić information content (AvgIpc) is 3.77. The summed E-state index contributed by atoms with van der Waals surface area (Å²) in [7, 11) is 0. The Hall–Kier alpha value is -4.94. The summed E-state index contributed by atoms with van der Waals surface area (Å²) in [6, 6.07) is 12.2. The lowest BCUT2D eigenvalue weighted by molar-refractivity contribution is -0.000511. The summed E-state index contributed by atoms with van der Waals surface area (Å²) in [4.78, 5) is 54.8. The van der Waals surface area contributed by atoms with Gasteiger partial charge < -0.3 is 30.6 Å². The summed E-state index contributed by atoms with van der Waals surface area (Å²) in [5.41, 5.74) is 3.84. The molecule has 0 radical (unpaired) electrons. The Balaban J connectivity index is 1.06. The highest BCUT2D eigenvalue weighted by Gasteiger charge is 2.45. The number of rotatable bonds is 9. The molecule has 11 nitrogen and oxygen atoms in total. The third kappa shape index (κ3) is 6.97. The first-order chi connectivity index (χ1) is 23.7. The van der Waals surface area contributed by atoms with E-state index in [9.17, 15) is 14.4 Å². The molecule has 1 aliphatic carbocycles. The van der Waals surface area contributed by atoms with Crippen LogP contribution in [-0.4, -0.2) is 77.9 Å². The van der Waals surface area contributed by atoms with E-state index in [1.807, 2.05) is 26.0 Å². The molecule has 2 saturated heterocycles. The van der Waals surface area contributed by atoms with Crippen LogP contribution in [0.1, 0.15) is 73.4 Å². The number of anilines is 2. The van der Waals surface area contributed by atoms with Crippen LogP contribution in [0.3, 0.4) is 0 Å². The number of hydrogen-bond donors (Lipinski definition) is 3. The fourth-order valence-electron chi connectivity index (χ4n) is 6.51. The minimum absolute atomic E-state index is 0.0961. The van der Waals surface area contributed by atoms with Crippen molar-refractivity contribution in [2.75, 3.05) is 36.5 Å². The number of pyridine rings is 1. The van der Waals surface area contributed by atoms with E-state index in [0.29, 0.717) is 38.9 Å². The van der Waals surface area contributed by atoms with Crippen LogP contribution in [0.25, 0.3) is 0 Å². The molecule has 252 valence electrons. The van der Waals surface area contributed by atoms with Crippen LogP contribution in [0.5, 0.6) is 0 Å². The zero-order valence-corrected chi connectivity index (χ0v) is 28.4. The molecule has 3 aromatic rings. The van der Waals surface area contributed by atoms with E-state index in [1.165, 1.54) is 11.3 Å². The molecule has 5 heterocycles. The highest BCUT2D eigenvalue weighted by Crippen LogP contribution is 2.42. The van der Waals surface area contributed by atoms with Crippen LogP contribution in [0.4, 0.5) is 11.5 Å². The number of aryl methyl sites for hydroxylation is 1. The zero-order valence-electron chi connectivity index (χ0n) is 27.6. The summed E-state index contributed by atoms with van der Waals surface area (Å²) in [5, 5.41) is 13.4. The first kappa shape index (κ1) is 32.6. The number of aliphatic imine (C=N–C) groups is 1. The Bertz CT molecular complexity index is 1880. The number of amides is 3. The molecule has 2 aromatic heterocycles. The maximum Gasteiger partial charge on any atom is 0.261 e. The van der Waals surface area contributed by atoms with Crippen molar-refractivity contribution in [3.05, 3.63) is 99.2 Å². The molecule has 0 bridgehead atoms. The normalized spacial score (nSPS) is 20.0. The number of ether oxygens (including phenoxy) is 1. The molecule has 7 rings (SSSR count). The molecule has 3 N–H and O–H groups in total. The fourth-order valence-corrected chi connectivity index (χ4v) is 7.49. The van der Waals surface area contributed by atoms with Crippen LogP contribution in [0, 0.1) is 17.7 Å². The number of aromatic nitrogens is 1. The average molecular weight is 678 g/mol. The number of carbonyl (C=O) groups excluding carboxylic acids is 3. The largest absolute Gasteiger partial charge is 0.381 e. The Morgan fingerprint density at radius 1 is 1.06 bits per heavy atom. The van der Waals surface area contributed by atoms with Gasteiger partial charge in [0.2, 0.25) is 0 Å². The first-order valence-corrected chi connectivity index (χ1v) is 17.5. The second-order valence-corrected chi connectivity index (χ2v) is 14.3. The van der Waals surface area contributed by atoms with Crippen molar-refractivity contribution in [3.8, 4) is 0 Å². The standard InChI is InChI=1S/C37H39N7O4S/c1-23-18-29(33(39-19-23)43-21-37(22-43)13-16-48-17-14-37)34(45)41-26-7-5-25(6-8-26)36(47)44-20-28(4-3-15-38)40-32(24(44)2)30-11-12-31(49-30)35(46)42-27-9-10-27/h3-8,11-12,15,18-20,24,27,38H,9-10,13-14,16-17,21-22H2,1-2H3,(H,41,45)(H,42,46)/b4-3-,38-15?/t24-/m1/s1. The number of carbonyl (C=O) groups is 3. The second kappa shape index (κ2) is 13.5. The van der Waals surface area contributed by atoms with Gasteiger partial charge in [0, 0.05) is 67.6 Å². The Kier molecular flexibility index (Phi) is 9.00. The van der Waals surface area contributed by atoms with Crippen LogP contribution >= 0.6 is 11.3 Å². The van der Waals surface area contributed by atoms with Gasteiger partial charge in [-0.05, 0) is 99.7 Å². The summed E-state index contributed by atoms with van der Waals surface area (Å²) >= 11 is 1.35. The van der Waals surface area contributed by atoms with E-state index in [-0.39, 0.29) is 29.2 Å². The summed E-state index contributed by atoms with van der Waals surface area (Å²) in [6.07, 6.45) is 11.9. The molecule has 1 atom stereocenters. The van der Waals surface area contributed by atoms with Gasteiger partial charge in [0.25, 0.3) is 17.7 Å². The smallest absolute Gasteiger partial charge is 0.261 e. The molecule has 3 aliphatic heterocycles. The molecule has 3 amide bonds. The van der Waals surface area contributed by atoms with Crippen LogP contribution in [-0.2, 0) is 4.74 Å². The number of nitrogens with one attached hydrogen (secondary N) is 3. The number of hydrogen-bond acceptors (Lipinski definition) is 9. The molecule has 12 heteroatoms. The van der Waals surface area contributed by atoms with Gasteiger partial charge in [0.05, 0.1) is 32.8 Å². The van der Waals surface area contributed by atoms with Crippen molar-refractivity contribution in [2.45, 2.75) is 51.6 Å². The highest BCUT2D eigenvalue weighted by atomic mass is 32.1. The molecular formula is C37H39N7O4S. The fraction of sp³-hybridized carbons (Fsp3) is 0.351. The molecule has 0 unspecified atom stereocenters. The minimum atomic E-state index is -0.420. The predicted molar refractivity (Wildman–Crippen MR) is 191 cm³/mol. The highest BCUT2D eigenvalue weighted by molar-refractivity contribution is 7.16. The number of benzene rings is 1. The lowest BCUT2D eigenvalue weighted by Crippen LogP contribution is -2.59. The molecule has 3 fully saturated rings. The first-order valence-electron chi connectivity index (χ1n) is 16.6. The minimum Gasteiger partial charge on any atom is -0.381 e. The van der Waals surface area contributed by atoms with Gasteiger partial charge in [-0.3, -0.25) is 14.4 Å². The van der Waals surface area contributed by atoms with Crippen LogP contribution < -0.4 is 15.5 Å².